The molecule has 1 unspecified atom stereocenters. The normalized spacial score (nSPS) is 17.4. The summed E-state index contributed by atoms with van der Waals surface area (Å²) in [7, 11) is 0. The minimum absolute atomic E-state index is 0.0297. The van der Waals surface area contributed by atoms with Crippen LogP contribution >= 0.6 is 0 Å². The summed E-state index contributed by atoms with van der Waals surface area (Å²) in [6, 6.07) is 2.57. The van der Waals surface area contributed by atoms with Crippen molar-refractivity contribution in [2.75, 3.05) is 18.4 Å². The average Bonchev–Trinajstić information content (AvgIpc) is 2.97. The summed E-state index contributed by atoms with van der Waals surface area (Å²) in [6.45, 7) is 4.68. The van der Waals surface area contributed by atoms with Crippen molar-refractivity contribution in [1.82, 2.24) is 15.0 Å². The van der Waals surface area contributed by atoms with Gasteiger partial charge in [0.05, 0.1) is 6.54 Å². The van der Waals surface area contributed by atoms with Crippen LogP contribution in [0.25, 0.3) is 0 Å². The van der Waals surface area contributed by atoms with E-state index >= 15 is 0 Å². The highest BCUT2D eigenvalue weighted by molar-refractivity contribution is 5.90. The first-order valence-electron chi connectivity index (χ1n) is 8.36. The first-order valence-corrected chi connectivity index (χ1v) is 8.36. The number of likely N-dealkylation sites (tertiary alicyclic amines) is 1. The number of rotatable bonds is 4. The van der Waals surface area contributed by atoms with E-state index in [0.717, 1.165) is 12.8 Å². The van der Waals surface area contributed by atoms with Crippen molar-refractivity contribution in [3.63, 3.8) is 0 Å². The maximum Gasteiger partial charge on any atom is 0.322 e. The number of halogens is 1. The second kappa shape index (κ2) is 7.50. The van der Waals surface area contributed by atoms with Gasteiger partial charge >= 0.3 is 6.03 Å². The van der Waals surface area contributed by atoms with E-state index in [1.807, 2.05) is 6.92 Å². The van der Waals surface area contributed by atoms with Crippen LogP contribution in [0.1, 0.15) is 31.2 Å². The van der Waals surface area contributed by atoms with Gasteiger partial charge in [-0.05, 0) is 38.3 Å². The van der Waals surface area contributed by atoms with Crippen LogP contribution in [0.5, 0.6) is 5.88 Å². The lowest BCUT2D eigenvalue weighted by Gasteiger charge is -2.32. The zero-order valence-electron chi connectivity index (χ0n) is 14.3. The Morgan fingerprint density at radius 3 is 3.16 bits per heavy atom. The first kappa shape index (κ1) is 17.2. The number of hydrogen-bond donors (Lipinski definition) is 1. The lowest BCUT2D eigenvalue weighted by Crippen LogP contribution is -2.46. The summed E-state index contributed by atoms with van der Waals surface area (Å²) < 4.78 is 24.4. The van der Waals surface area contributed by atoms with Crippen LogP contribution in [0.3, 0.4) is 0 Å². The van der Waals surface area contributed by atoms with Gasteiger partial charge in [0, 0.05) is 12.7 Å². The smallest absolute Gasteiger partial charge is 0.322 e. The Kier molecular flexibility index (Phi) is 5.16. The zero-order valence-corrected chi connectivity index (χ0v) is 14.3. The highest BCUT2D eigenvalue weighted by atomic mass is 19.1. The summed E-state index contributed by atoms with van der Waals surface area (Å²) in [5.41, 5.74) is 1.33. The first-order chi connectivity index (χ1) is 12.1. The number of nitrogens with zero attached hydrogens (tertiary/aromatic N) is 3. The summed E-state index contributed by atoms with van der Waals surface area (Å²) in [5, 5.41) is 6.79. The fraction of sp³-hybridized carbons (Fsp3) is 0.471. The van der Waals surface area contributed by atoms with Crippen molar-refractivity contribution >= 4 is 11.7 Å². The van der Waals surface area contributed by atoms with Gasteiger partial charge in [-0.3, -0.25) is 0 Å². The van der Waals surface area contributed by atoms with Crippen LogP contribution in [0.4, 0.5) is 14.9 Å². The molecule has 134 valence electrons. The van der Waals surface area contributed by atoms with E-state index in [9.17, 15) is 9.18 Å². The number of pyridine rings is 1. The molecular weight excluding hydrogens is 327 g/mol. The Morgan fingerprint density at radius 2 is 2.40 bits per heavy atom. The van der Waals surface area contributed by atoms with Crippen molar-refractivity contribution < 1.29 is 18.4 Å². The van der Waals surface area contributed by atoms with E-state index in [-0.39, 0.29) is 18.0 Å². The highest BCUT2D eigenvalue weighted by Crippen LogP contribution is 2.23. The molecule has 0 radical (unpaired) electrons. The second-order valence-corrected chi connectivity index (χ2v) is 5.96. The lowest BCUT2D eigenvalue weighted by atomic mass is 10.1. The number of aromatic nitrogens is 2. The fourth-order valence-electron chi connectivity index (χ4n) is 2.84. The molecule has 3 rings (SSSR count). The van der Waals surface area contributed by atoms with Crippen LogP contribution in [0, 0.1) is 12.7 Å². The maximum absolute atomic E-state index is 13.7. The van der Waals surface area contributed by atoms with Gasteiger partial charge in [0.2, 0.25) is 0 Å². The van der Waals surface area contributed by atoms with Crippen LogP contribution < -0.4 is 10.1 Å². The van der Waals surface area contributed by atoms with Crippen LogP contribution in [0.15, 0.2) is 22.9 Å². The third-order valence-corrected chi connectivity index (χ3v) is 4.17. The molecule has 7 nitrogen and oxygen atoms in total. The SMILES string of the molecule is CCc1noc(C)c1NC(=O)N1CCCC(Oc2ncccc2F)C1. The van der Waals surface area contributed by atoms with Gasteiger partial charge in [0.15, 0.2) is 11.6 Å². The Hall–Kier alpha value is -2.64. The molecule has 3 heterocycles. The molecule has 1 saturated heterocycles. The van der Waals surface area contributed by atoms with Gasteiger partial charge in [0.25, 0.3) is 5.88 Å². The van der Waals surface area contributed by atoms with E-state index in [4.69, 9.17) is 9.26 Å². The quantitative estimate of drug-likeness (QED) is 0.918. The summed E-state index contributed by atoms with van der Waals surface area (Å²) >= 11 is 0. The fourth-order valence-corrected chi connectivity index (χ4v) is 2.84. The summed E-state index contributed by atoms with van der Waals surface area (Å²) in [5.74, 6) is 0.0419. The van der Waals surface area contributed by atoms with Crippen molar-refractivity contribution in [2.45, 2.75) is 39.2 Å². The molecule has 1 atom stereocenters. The van der Waals surface area contributed by atoms with E-state index in [1.54, 1.807) is 11.8 Å². The number of amides is 2. The molecule has 2 amide bonds. The number of anilines is 1. The number of carbonyl (C=O) groups is 1. The Balaban J connectivity index is 1.63. The summed E-state index contributed by atoms with van der Waals surface area (Å²) in [4.78, 5) is 18.1. The largest absolute Gasteiger partial charge is 0.470 e. The van der Waals surface area contributed by atoms with E-state index in [2.05, 4.69) is 15.5 Å². The van der Waals surface area contributed by atoms with Crippen LogP contribution in [0.2, 0.25) is 0 Å². The molecule has 25 heavy (non-hydrogen) atoms. The molecule has 1 aliphatic heterocycles. The Bertz CT molecular complexity index is 749. The number of aryl methyl sites for hydroxylation is 2. The molecular formula is C17H21FN4O3. The standard InChI is InChI=1S/C17H21FN4O3/c1-3-14-15(11(2)25-21-14)20-17(23)22-9-5-6-12(10-22)24-16-13(18)7-4-8-19-16/h4,7-8,12H,3,5-6,9-10H2,1-2H3,(H,20,23). The molecule has 1 aliphatic rings. The maximum atomic E-state index is 13.7. The molecule has 0 aliphatic carbocycles. The van der Waals surface area contributed by atoms with E-state index in [0.29, 0.717) is 36.7 Å². The third kappa shape index (κ3) is 3.89. The number of nitrogens with one attached hydrogen (secondary N) is 1. The predicted molar refractivity (Wildman–Crippen MR) is 89.1 cm³/mol. The van der Waals surface area contributed by atoms with Crippen molar-refractivity contribution in [3.05, 3.63) is 35.6 Å². The van der Waals surface area contributed by atoms with Gasteiger partial charge in [-0.15, -0.1) is 0 Å². The lowest BCUT2D eigenvalue weighted by molar-refractivity contribution is 0.0987. The van der Waals surface area contributed by atoms with Crippen molar-refractivity contribution in [1.29, 1.82) is 0 Å². The van der Waals surface area contributed by atoms with Crippen molar-refractivity contribution in [2.24, 2.45) is 0 Å². The van der Waals surface area contributed by atoms with Crippen LogP contribution in [-0.4, -0.2) is 40.3 Å². The Morgan fingerprint density at radius 1 is 1.56 bits per heavy atom. The van der Waals surface area contributed by atoms with E-state index < -0.39 is 5.82 Å². The molecule has 0 aromatic carbocycles. The second-order valence-electron chi connectivity index (χ2n) is 5.96. The third-order valence-electron chi connectivity index (χ3n) is 4.17. The molecule has 1 fully saturated rings. The predicted octanol–water partition coefficient (Wildman–Crippen LogP) is 3.15. The number of carbonyl (C=O) groups excluding carboxylic acids is 1. The summed E-state index contributed by atoms with van der Waals surface area (Å²) in [6.07, 6.45) is 3.37. The molecule has 2 aromatic rings. The monoisotopic (exact) mass is 348 g/mol. The molecule has 8 heteroatoms. The molecule has 0 bridgehead atoms. The minimum Gasteiger partial charge on any atom is -0.470 e. The topological polar surface area (TPSA) is 80.5 Å². The van der Waals surface area contributed by atoms with Crippen LogP contribution in [-0.2, 0) is 6.42 Å². The molecule has 0 saturated carbocycles. The molecule has 0 spiro atoms. The van der Waals surface area contributed by atoms with Gasteiger partial charge in [0.1, 0.15) is 17.5 Å². The molecule has 1 N–H and O–H groups in total. The van der Waals surface area contributed by atoms with Gasteiger partial charge in [-0.25, -0.2) is 14.2 Å². The van der Waals surface area contributed by atoms with Gasteiger partial charge in [-0.1, -0.05) is 12.1 Å². The van der Waals surface area contributed by atoms with Crippen molar-refractivity contribution in [3.8, 4) is 5.88 Å². The number of urea groups is 1. The Labute approximate surface area is 145 Å². The number of hydrogen-bond acceptors (Lipinski definition) is 5. The highest BCUT2D eigenvalue weighted by Gasteiger charge is 2.27. The van der Waals surface area contributed by atoms with E-state index in [1.165, 1.54) is 18.3 Å². The zero-order chi connectivity index (χ0) is 17.8. The minimum atomic E-state index is -0.503. The molecule has 2 aromatic heterocycles. The van der Waals surface area contributed by atoms with Gasteiger partial charge < -0.3 is 19.5 Å². The van der Waals surface area contributed by atoms with Gasteiger partial charge in [-0.2, -0.15) is 0 Å². The number of piperidine rings is 1. The number of ether oxygens (including phenoxy) is 1. The average molecular weight is 348 g/mol.